The van der Waals surface area contributed by atoms with Gasteiger partial charge in [0.15, 0.2) is 5.69 Å². The second kappa shape index (κ2) is 9.22. The lowest BCUT2D eigenvalue weighted by Crippen LogP contribution is -2.26. The van der Waals surface area contributed by atoms with Gasteiger partial charge < -0.3 is 15.2 Å². The molecule has 1 aromatic heterocycles. The normalized spacial score (nSPS) is 20.1. The molecule has 2 N–H and O–H groups in total. The molecule has 0 saturated heterocycles. The number of nitrogens with zero attached hydrogens (tertiary/aromatic N) is 3. The van der Waals surface area contributed by atoms with E-state index in [2.05, 4.69) is 22.2 Å². The van der Waals surface area contributed by atoms with Gasteiger partial charge in [-0.3, -0.25) is 14.4 Å². The summed E-state index contributed by atoms with van der Waals surface area (Å²) in [6.07, 6.45) is 0.463. The molecule has 1 aromatic carbocycles. The Morgan fingerprint density at radius 3 is 2.50 bits per heavy atom. The third-order valence-corrected chi connectivity index (χ3v) is 4.75. The summed E-state index contributed by atoms with van der Waals surface area (Å²) in [5, 5.41) is 7.98. The van der Waals surface area contributed by atoms with Gasteiger partial charge in [0.05, 0.1) is 12.6 Å². The smallest absolute Gasteiger partial charge is 0.302 e. The van der Waals surface area contributed by atoms with Gasteiger partial charge >= 0.3 is 11.9 Å². The molecule has 0 aliphatic heterocycles. The van der Waals surface area contributed by atoms with Crippen molar-refractivity contribution in [1.29, 1.82) is 0 Å². The van der Waals surface area contributed by atoms with Crippen LogP contribution in [-0.4, -0.2) is 45.6 Å². The molecule has 3 atom stereocenters. The molecular weight excluding hydrogens is 388 g/mol. The summed E-state index contributed by atoms with van der Waals surface area (Å²) in [6, 6.07) is 8.81. The average Bonchev–Trinajstić information content (AvgIpc) is 3.28. The van der Waals surface area contributed by atoms with Crippen LogP contribution in [0.25, 0.3) is 0 Å². The third-order valence-electron chi connectivity index (χ3n) is 4.75. The number of hydrogen-bond donors (Lipinski definition) is 1. The average molecular weight is 410 g/mol. The minimum absolute atomic E-state index is 0.0422. The lowest BCUT2D eigenvalue weighted by molar-refractivity contribution is -0.148. The van der Waals surface area contributed by atoms with Gasteiger partial charge in [-0.15, -0.1) is 5.10 Å². The van der Waals surface area contributed by atoms with Crippen LogP contribution in [0.1, 0.15) is 54.5 Å². The van der Waals surface area contributed by atoms with Gasteiger partial charge in [0.2, 0.25) is 0 Å². The molecule has 1 fully saturated rings. The zero-order valence-corrected chi connectivity index (χ0v) is 16.7. The summed E-state index contributed by atoms with van der Waals surface area (Å²) in [5.74, 6) is 4.30. The minimum Gasteiger partial charge on any atom is -0.466 e. The van der Waals surface area contributed by atoms with Crippen LogP contribution >= 0.6 is 0 Å². The summed E-state index contributed by atoms with van der Waals surface area (Å²) < 4.78 is 12.1. The van der Waals surface area contributed by atoms with Crippen molar-refractivity contribution in [3.8, 4) is 11.8 Å². The molecule has 1 amide bonds. The fraction of sp³-hybridized carbons (Fsp3) is 0.381. The maximum Gasteiger partial charge on any atom is 0.302 e. The molecule has 0 bridgehead atoms. The number of hydrogen-bond acceptors (Lipinski definition) is 7. The predicted molar refractivity (Wildman–Crippen MR) is 105 cm³/mol. The summed E-state index contributed by atoms with van der Waals surface area (Å²) in [7, 11) is 0. The Bertz CT molecular complexity index is 1010. The molecule has 9 nitrogen and oxygen atoms in total. The first-order valence-electron chi connectivity index (χ1n) is 9.47. The number of benzene rings is 1. The van der Waals surface area contributed by atoms with Gasteiger partial charge in [0.25, 0.3) is 5.91 Å². The number of amides is 1. The van der Waals surface area contributed by atoms with E-state index >= 15 is 0 Å². The number of primary amides is 1. The van der Waals surface area contributed by atoms with Gasteiger partial charge in [-0.1, -0.05) is 29.3 Å². The lowest BCUT2D eigenvalue weighted by atomic mass is 10.1. The molecule has 1 saturated carbocycles. The Hall–Kier alpha value is -3.67. The molecule has 9 heteroatoms. The molecule has 2 aromatic rings. The van der Waals surface area contributed by atoms with E-state index in [9.17, 15) is 14.4 Å². The highest BCUT2D eigenvalue weighted by Gasteiger charge is 2.40. The lowest BCUT2D eigenvalue weighted by Gasteiger charge is -2.19. The molecule has 30 heavy (non-hydrogen) atoms. The van der Waals surface area contributed by atoms with Crippen molar-refractivity contribution in [3.05, 3.63) is 47.3 Å². The quantitative estimate of drug-likeness (QED) is 0.580. The molecule has 156 valence electrons. The van der Waals surface area contributed by atoms with E-state index in [1.165, 1.54) is 18.5 Å². The van der Waals surface area contributed by atoms with E-state index in [1.54, 1.807) is 0 Å². The van der Waals surface area contributed by atoms with Crippen LogP contribution in [0, 0.1) is 17.8 Å². The third kappa shape index (κ3) is 5.03. The first kappa shape index (κ1) is 21.0. The van der Waals surface area contributed by atoms with Gasteiger partial charge in [-0.05, 0) is 36.8 Å². The topological polar surface area (TPSA) is 126 Å². The van der Waals surface area contributed by atoms with Gasteiger partial charge in [-0.25, -0.2) is 4.68 Å². The molecule has 0 spiro atoms. The number of esters is 2. The van der Waals surface area contributed by atoms with Crippen LogP contribution in [0.4, 0.5) is 0 Å². The van der Waals surface area contributed by atoms with Crippen LogP contribution in [-0.2, 0) is 19.1 Å². The molecular formula is C21H22N4O5. The molecule has 1 aliphatic carbocycles. The van der Waals surface area contributed by atoms with Crippen LogP contribution < -0.4 is 5.73 Å². The van der Waals surface area contributed by atoms with E-state index in [0.29, 0.717) is 12.8 Å². The highest BCUT2D eigenvalue weighted by Crippen LogP contribution is 2.37. The molecule has 0 unspecified atom stereocenters. The maximum absolute atomic E-state index is 11.9. The van der Waals surface area contributed by atoms with Crippen molar-refractivity contribution in [2.75, 3.05) is 6.61 Å². The van der Waals surface area contributed by atoms with E-state index in [4.69, 9.17) is 15.2 Å². The Morgan fingerprint density at radius 1 is 1.13 bits per heavy atom. The van der Waals surface area contributed by atoms with Crippen LogP contribution in [0.2, 0.25) is 0 Å². The van der Waals surface area contributed by atoms with Crippen molar-refractivity contribution < 1.29 is 23.9 Å². The van der Waals surface area contributed by atoms with Crippen molar-refractivity contribution >= 4 is 17.8 Å². The number of rotatable bonds is 5. The van der Waals surface area contributed by atoms with Gasteiger partial charge in [-0.2, -0.15) is 0 Å². The second-order valence-corrected chi connectivity index (χ2v) is 7.07. The molecule has 1 heterocycles. The highest BCUT2D eigenvalue weighted by atomic mass is 16.5. The van der Waals surface area contributed by atoms with Crippen molar-refractivity contribution in [2.24, 2.45) is 11.7 Å². The fourth-order valence-electron chi connectivity index (χ4n) is 3.50. The van der Waals surface area contributed by atoms with Crippen LogP contribution in [0.5, 0.6) is 0 Å². The Morgan fingerprint density at radius 2 is 1.87 bits per heavy atom. The number of carbonyl (C=O) groups is 3. The van der Waals surface area contributed by atoms with Gasteiger partial charge in [0, 0.05) is 19.4 Å². The molecule has 0 radical (unpaired) electrons. The summed E-state index contributed by atoms with van der Waals surface area (Å²) in [4.78, 5) is 34.6. The fourth-order valence-corrected chi connectivity index (χ4v) is 3.50. The van der Waals surface area contributed by atoms with Crippen molar-refractivity contribution in [3.63, 3.8) is 0 Å². The number of carbonyl (C=O) groups excluding carboxylic acids is 3. The highest BCUT2D eigenvalue weighted by molar-refractivity contribution is 5.92. The Labute approximate surface area is 173 Å². The van der Waals surface area contributed by atoms with E-state index in [0.717, 1.165) is 5.56 Å². The summed E-state index contributed by atoms with van der Waals surface area (Å²) in [5.41, 5.74) is 6.40. The van der Waals surface area contributed by atoms with Gasteiger partial charge in [0.1, 0.15) is 11.8 Å². The van der Waals surface area contributed by atoms with E-state index < -0.39 is 24.0 Å². The monoisotopic (exact) mass is 410 g/mol. The second-order valence-electron chi connectivity index (χ2n) is 7.07. The van der Waals surface area contributed by atoms with Crippen molar-refractivity contribution in [2.45, 2.75) is 38.8 Å². The number of nitrogens with two attached hydrogens (primary N) is 1. The largest absolute Gasteiger partial charge is 0.466 e. The van der Waals surface area contributed by atoms with Crippen LogP contribution in [0.3, 0.4) is 0 Å². The first-order chi connectivity index (χ1) is 14.3. The van der Waals surface area contributed by atoms with E-state index in [-0.39, 0.29) is 29.9 Å². The minimum atomic E-state index is -0.753. The van der Waals surface area contributed by atoms with Crippen LogP contribution in [0.15, 0.2) is 30.3 Å². The Kier molecular flexibility index (Phi) is 6.47. The number of aromatic nitrogens is 3. The Balaban J connectivity index is 1.95. The predicted octanol–water partition coefficient (Wildman–Crippen LogP) is 1.22. The zero-order chi connectivity index (χ0) is 21.7. The summed E-state index contributed by atoms with van der Waals surface area (Å²) >= 11 is 0. The standard InChI is InChI=1S/C21H22N4O5/c1-13(26)29-12-16-10-18(19(11-16)30-14(2)27)25-17(20(21(22)28)23-24-25)9-8-15-6-4-3-5-7-15/h3-7,16,18-19H,10-12H2,1-2H3,(H2,22,28)/t16-,18+,19+/m0/s1. The van der Waals surface area contributed by atoms with E-state index in [1.807, 2.05) is 30.3 Å². The zero-order valence-electron chi connectivity index (χ0n) is 16.7. The molecule has 1 aliphatic rings. The van der Waals surface area contributed by atoms with Crippen molar-refractivity contribution in [1.82, 2.24) is 15.0 Å². The maximum atomic E-state index is 11.9. The summed E-state index contributed by atoms with van der Waals surface area (Å²) in [6.45, 7) is 2.86. The number of ether oxygens (including phenoxy) is 2. The SMILES string of the molecule is CC(=O)OC[C@H]1C[C@@H](n2nnc(C(N)=O)c2C#Cc2ccccc2)[C@H](OC(C)=O)C1. The molecule has 3 rings (SSSR count). The first-order valence-corrected chi connectivity index (χ1v) is 9.47.